The molecule has 1 amide bonds. The van der Waals surface area contributed by atoms with Crippen molar-refractivity contribution >= 4 is 18.2 Å². The monoisotopic (exact) mass is 519 g/mol. The van der Waals surface area contributed by atoms with Crippen LogP contribution in [0.3, 0.4) is 0 Å². The summed E-state index contributed by atoms with van der Waals surface area (Å²) < 4.78 is 92.7. The van der Waals surface area contributed by atoms with Crippen LogP contribution >= 0.6 is 11.8 Å². The lowest BCUT2D eigenvalue weighted by molar-refractivity contribution is -0.348. The average Bonchev–Trinajstić information content (AvgIpc) is 3.48. The Kier molecular flexibility index (Phi) is 6.89. The fourth-order valence-electron chi connectivity index (χ4n) is 5.09. The zero-order valence-corrected chi connectivity index (χ0v) is 19.4. The van der Waals surface area contributed by atoms with Gasteiger partial charge in [0.15, 0.2) is 0 Å². The first-order valence-electron chi connectivity index (χ1n) is 11.3. The normalized spacial score (nSPS) is 22.1. The molecule has 1 atom stereocenters. The SMILES string of the molecule is O=CN1CCC(Sc2cccc(C3CCCC3)c2)(c2ccc(C(F)(C(F)(F)F)C(F)(F)F)cc2)C1. The average molecular weight is 520 g/mol. The van der Waals surface area contributed by atoms with E-state index in [2.05, 4.69) is 12.1 Å². The Bertz CT molecular complexity index is 1030. The van der Waals surface area contributed by atoms with Crippen LogP contribution in [0.4, 0.5) is 30.7 Å². The van der Waals surface area contributed by atoms with Crippen LogP contribution in [0.25, 0.3) is 0 Å². The third kappa shape index (κ3) is 4.78. The van der Waals surface area contributed by atoms with E-state index in [1.54, 1.807) is 0 Å². The number of amides is 1. The largest absolute Gasteiger partial charge is 0.435 e. The Morgan fingerprint density at radius 1 is 0.914 bits per heavy atom. The molecule has 0 bridgehead atoms. The van der Waals surface area contributed by atoms with Gasteiger partial charge in [0.1, 0.15) is 0 Å². The van der Waals surface area contributed by atoms with Crippen molar-refractivity contribution in [2.24, 2.45) is 0 Å². The first-order chi connectivity index (χ1) is 16.4. The number of rotatable bonds is 6. The van der Waals surface area contributed by atoms with Crippen molar-refractivity contribution < 1.29 is 35.5 Å². The first-order valence-corrected chi connectivity index (χ1v) is 12.1. The quantitative estimate of drug-likeness (QED) is 0.291. The number of hydrogen-bond acceptors (Lipinski definition) is 2. The maximum atomic E-state index is 14.5. The molecule has 0 radical (unpaired) electrons. The van der Waals surface area contributed by atoms with Gasteiger partial charge in [-0.2, -0.15) is 26.3 Å². The number of carbonyl (C=O) groups excluding carboxylic acids is 1. The van der Waals surface area contributed by atoms with Crippen molar-refractivity contribution in [1.82, 2.24) is 4.90 Å². The number of nitrogens with zero attached hydrogens (tertiary/aromatic N) is 1. The molecule has 0 aromatic heterocycles. The number of likely N-dealkylation sites (tertiary alicyclic amines) is 1. The molecule has 1 aliphatic heterocycles. The van der Waals surface area contributed by atoms with Gasteiger partial charge in [0.05, 0.1) is 4.75 Å². The van der Waals surface area contributed by atoms with Crippen LogP contribution in [0.2, 0.25) is 0 Å². The second-order valence-corrected chi connectivity index (χ2v) is 10.7. The number of thioether (sulfide) groups is 1. The molecular formula is C25H24F7NOS. The molecule has 2 fully saturated rings. The van der Waals surface area contributed by atoms with Crippen molar-refractivity contribution in [3.05, 3.63) is 65.2 Å². The highest BCUT2D eigenvalue weighted by atomic mass is 32.2. The van der Waals surface area contributed by atoms with Gasteiger partial charge >= 0.3 is 18.0 Å². The van der Waals surface area contributed by atoms with Crippen LogP contribution in [0.1, 0.15) is 54.7 Å². The third-order valence-electron chi connectivity index (χ3n) is 7.00. The highest BCUT2D eigenvalue weighted by molar-refractivity contribution is 8.00. The fraction of sp³-hybridized carbons (Fsp3) is 0.480. The van der Waals surface area contributed by atoms with Crippen LogP contribution in [0.15, 0.2) is 53.4 Å². The molecule has 1 saturated carbocycles. The van der Waals surface area contributed by atoms with Gasteiger partial charge < -0.3 is 4.90 Å². The minimum atomic E-state index is -6.17. The summed E-state index contributed by atoms with van der Waals surface area (Å²) in [6.07, 6.45) is -6.68. The van der Waals surface area contributed by atoms with E-state index in [9.17, 15) is 35.5 Å². The molecule has 1 unspecified atom stereocenters. The van der Waals surface area contributed by atoms with E-state index in [0.29, 0.717) is 43.0 Å². The Balaban J connectivity index is 1.69. The van der Waals surface area contributed by atoms with E-state index in [1.165, 1.54) is 35.1 Å². The van der Waals surface area contributed by atoms with Crippen LogP contribution in [0, 0.1) is 0 Å². The number of alkyl halides is 7. The van der Waals surface area contributed by atoms with Crippen LogP contribution in [-0.4, -0.2) is 36.8 Å². The van der Waals surface area contributed by atoms with Gasteiger partial charge in [0, 0.05) is 23.5 Å². The van der Waals surface area contributed by atoms with Gasteiger partial charge in [-0.3, -0.25) is 4.79 Å². The predicted molar refractivity (Wildman–Crippen MR) is 119 cm³/mol. The summed E-state index contributed by atoms with van der Waals surface area (Å²) in [5, 5.41) is 0. The van der Waals surface area contributed by atoms with Crippen molar-refractivity contribution in [3.63, 3.8) is 0 Å². The molecule has 190 valence electrons. The number of halogens is 7. The van der Waals surface area contributed by atoms with E-state index >= 15 is 0 Å². The molecule has 2 nitrogen and oxygen atoms in total. The van der Waals surface area contributed by atoms with Crippen molar-refractivity contribution in [2.45, 2.75) is 65.7 Å². The van der Waals surface area contributed by atoms with Gasteiger partial charge in [-0.25, -0.2) is 4.39 Å². The van der Waals surface area contributed by atoms with Crippen molar-refractivity contribution in [3.8, 4) is 0 Å². The van der Waals surface area contributed by atoms with E-state index in [4.69, 9.17) is 0 Å². The summed E-state index contributed by atoms with van der Waals surface area (Å²) in [5.41, 5.74) is -5.36. The molecule has 2 aliphatic rings. The molecule has 1 aliphatic carbocycles. The summed E-state index contributed by atoms with van der Waals surface area (Å²) in [6, 6.07) is 11.3. The maximum Gasteiger partial charge on any atom is 0.435 e. The molecule has 1 saturated heterocycles. The van der Waals surface area contributed by atoms with E-state index in [0.717, 1.165) is 29.9 Å². The lowest BCUT2D eigenvalue weighted by atomic mass is 9.90. The molecule has 2 aromatic carbocycles. The molecule has 0 spiro atoms. The van der Waals surface area contributed by atoms with Crippen molar-refractivity contribution in [2.75, 3.05) is 13.1 Å². The summed E-state index contributed by atoms with van der Waals surface area (Å²) >= 11 is 1.43. The summed E-state index contributed by atoms with van der Waals surface area (Å²) in [5.74, 6) is 0.461. The number of carbonyl (C=O) groups is 1. The molecule has 2 aromatic rings. The molecular weight excluding hydrogens is 495 g/mol. The zero-order chi connectivity index (χ0) is 25.5. The zero-order valence-electron chi connectivity index (χ0n) is 18.6. The Hall–Kier alpha value is -2.23. The second-order valence-electron chi connectivity index (χ2n) is 9.21. The topological polar surface area (TPSA) is 20.3 Å². The van der Waals surface area contributed by atoms with Crippen LogP contribution in [0.5, 0.6) is 0 Å². The van der Waals surface area contributed by atoms with Gasteiger partial charge in [0.25, 0.3) is 0 Å². The standard InChI is InChI=1S/C25H24F7NOS/c26-23(24(27,28)29,25(30,31)32)20-10-8-19(9-11-20)22(12-13-33(15-22)16-34)35-21-7-3-6-18(14-21)17-4-1-2-5-17/h3,6-11,14,16-17H,1-2,4-5,12-13,15H2. The summed E-state index contributed by atoms with van der Waals surface area (Å²) in [6.45, 7) is 0.617. The Morgan fingerprint density at radius 2 is 1.54 bits per heavy atom. The van der Waals surface area contributed by atoms with Gasteiger partial charge in [-0.05, 0) is 48.4 Å². The highest BCUT2D eigenvalue weighted by Crippen LogP contribution is 2.54. The molecule has 35 heavy (non-hydrogen) atoms. The van der Waals surface area contributed by atoms with Gasteiger partial charge in [-0.1, -0.05) is 49.2 Å². The minimum absolute atomic E-state index is 0.230. The highest BCUT2D eigenvalue weighted by Gasteiger charge is 2.73. The first kappa shape index (κ1) is 25.9. The minimum Gasteiger partial charge on any atom is -0.343 e. The van der Waals surface area contributed by atoms with E-state index < -0.39 is 28.3 Å². The summed E-state index contributed by atoms with van der Waals surface area (Å²) in [4.78, 5) is 13.9. The molecule has 4 rings (SSSR count). The maximum absolute atomic E-state index is 14.5. The Labute approximate surface area is 202 Å². The predicted octanol–water partition coefficient (Wildman–Crippen LogP) is 7.48. The lowest BCUT2D eigenvalue weighted by Crippen LogP contribution is -2.50. The fourth-order valence-corrected chi connectivity index (χ4v) is 6.56. The third-order valence-corrected chi connectivity index (χ3v) is 8.45. The lowest BCUT2D eigenvalue weighted by Gasteiger charge is -2.32. The smallest absolute Gasteiger partial charge is 0.343 e. The number of hydrogen-bond donors (Lipinski definition) is 0. The van der Waals surface area contributed by atoms with Crippen LogP contribution in [-0.2, 0) is 15.2 Å². The second kappa shape index (κ2) is 9.33. The molecule has 10 heteroatoms. The van der Waals surface area contributed by atoms with Crippen molar-refractivity contribution in [1.29, 1.82) is 0 Å². The number of benzene rings is 2. The van der Waals surface area contributed by atoms with E-state index in [1.807, 2.05) is 12.1 Å². The van der Waals surface area contributed by atoms with Crippen LogP contribution < -0.4 is 0 Å². The van der Waals surface area contributed by atoms with E-state index in [-0.39, 0.29) is 6.54 Å². The molecule has 1 heterocycles. The van der Waals surface area contributed by atoms with Gasteiger partial charge in [0.2, 0.25) is 6.41 Å². The Morgan fingerprint density at radius 3 is 2.09 bits per heavy atom. The molecule has 0 N–H and O–H groups in total. The summed E-state index contributed by atoms with van der Waals surface area (Å²) in [7, 11) is 0. The van der Waals surface area contributed by atoms with Gasteiger partial charge in [-0.15, -0.1) is 11.8 Å².